The Hall–Kier alpha value is -1.85. The maximum absolute atomic E-state index is 4.53. The van der Waals surface area contributed by atoms with Gasteiger partial charge in [0.05, 0.1) is 0 Å². The summed E-state index contributed by atoms with van der Waals surface area (Å²) in [5.74, 6) is 2.88. The van der Waals surface area contributed by atoms with Crippen molar-refractivity contribution in [3.8, 4) is 0 Å². The predicted molar refractivity (Wildman–Crippen MR) is 96.2 cm³/mol. The molecule has 130 valence electrons. The van der Waals surface area contributed by atoms with E-state index in [0.29, 0.717) is 5.41 Å². The molecule has 0 aromatic carbocycles. The molecule has 6 heteroatoms. The van der Waals surface area contributed by atoms with Gasteiger partial charge in [0.1, 0.15) is 0 Å². The third-order valence-corrected chi connectivity index (χ3v) is 6.02. The maximum atomic E-state index is 4.53. The number of hydrogen-bond acceptors (Lipinski definition) is 4. The first-order valence-electron chi connectivity index (χ1n) is 9.28. The van der Waals surface area contributed by atoms with Gasteiger partial charge in [-0.2, -0.15) is 0 Å². The summed E-state index contributed by atoms with van der Waals surface area (Å²) < 4.78 is 0. The second kappa shape index (κ2) is 6.57. The first kappa shape index (κ1) is 15.7. The SMILES string of the molecule is CN=C(NCC1(C2CC2)CCC1)N1CCN(c2ncccn2)CC1. The van der Waals surface area contributed by atoms with Gasteiger partial charge in [0.25, 0.3) is 0 Å². The van der Waals surface area contributed by atoms with Crippen molar-refractivity contribution in [1.29, 1.82) is 0 Å². The number of anilines is 1. The largest absolute Gasteiger partial charge is 0.356 e. The molecule has 1 aromatic rings. The Kier molecular flexibility index (Phi) is 4.29. The lowest BCUT2D eigenvalue weighted by Crippen LogP contribution is -2.55. The van der Waals surface area contributed by atoms with E-state index in [9.17, 15) is 0 Å². The molecule has 1 saturated heterocycles. The molecule has 3 aliphatic rings. The van der Waals surface area contributed by atoms with Crippen LogP contribution in [0.15, 0.2) is 23.5 Å². The number of hydrogen-bond donors (Lipinski definition) is 1. The fourth-order valence-corrected chi connectivity index (χ4v) is 4.22. The van der Waals surface area contributed by atoms with Crippen LogP contribution >= 0.6 is 0 Å². The molecule has 4 rings (SSSR count). The van der Waals surface area contributed by atoms with E-state index in [1.807, 2.05) is 25.5 Å². The van der Waals surface area contributed by atoms with Crippen LogP contribution in [0.1, 0.15) is 32.1 Å². The van der Waals surface area contributed by atoms with Gasteiger partial charge in [0.2, 0.25) is 5.95 Å². The average Bonchev–Trinajstić information content (AvgIpc) is 3.44. The number of nitrogens with one attached hydrogen (secondary N) is 1. The number of guanidine groups is 1. The standard InChI is InChI=1S/C18H28N6/c1-19-16(22-14-18(6-2-7-18)15-4-5-15)23-10-12-24(13-11-23)17-20-8-3-9-21-17/h3,8-9,15H,2,4-7,10-14H2,1H3,(H,19,22). The summed E-state index contributed by atoms with van der Waals surface area (Å²) in [6.45, 7) is 4.92. The normalized spacial score (nSPS) is 23.8. The summed E-state index contributed by atoms with van der Waals surface area (Å²) in [5, 5.41) is 3.68. The molecular weight excluding hydrogens is 300 g/mol. The quantitative estimate of drug-likeness (QED) is 0.674. The number of piperazine rings is 1. The fourth-order valence-electron chi connectivity index (χ4n) is 4.22. The first-order chi connectivity index (χ1) is 11.8. The van der Waals surface area contributed by atoms with E-state index < -0.39 is 0 Å². The summed E-state index contributed by atoms with van der Waals surface area (Å²) in [6, 6.07) is 1.86. The molecule has 1 N–H and O–H groups in total. The highest BCUT2D eigenvalue weighted by Crippen LogP contribution is 2.56. The second-order valence-electron chi connectivity index (χ2n) is 7.41. The lowest BCUT2D eigenvalue weighted by Gasteiger charge is -2.44. The zero-order valence-corrected chi connectivity index (χ0v) is 14.6. The third kappa shape index (κ3) is 3.06. The number of aliphatic imine (C=N–C) groups is 1. The van der Waals surface area contributed by atoms with Crippen molar-refractivity contribution in [2.75, 3.05) is 44.7 Å². The van der Waals surface area contributed by atoms with Crippen LogP contribution in [0.4, 0.5) is 5.95 Å². The maximum Gasteiger partial charge on any atom is 0.225 e. The van der Waals surface area contributed by atoms with Gasteiger partial charge in [-0.05, 0) is 43.1 Å². The van der Waals surface area contributed by atoms with Crippen LogP contribution in [0.3, 0.4) is 0 Å². The highest BCUT2D eigenvalue weighted by molar-refractivity contribution is 5.80. The fraction of sp³-hybridized carbons (Fsp3) is 0.722. The Bertz CT molecular complexity index is 570. The van der Waals surface area contributed by atoms with Crippen molar-refractivity contribution >= 4 is 11.9 Å². The van der Waals surface area contributed by atoms with E-state index in [4.69, 9.17) is 0 Å². The highest BCUT2D eigenvalue weighted by Gasteiger charge is 2.48. The van der Waals surface area contributed by atoms with E-state index in [1.54, 1.807) is 0 Å². The molecule has 0 spiro atoms. The summed E-state index contributed by atoms with van der Waals surface area (Å²) in [6.07, 6.45) is 10.7. The van der Waals surface area contributed by atoms with E-state index in [1.165, 1.54) is 32.1 Å². The Balaban J connectivity index is 1.30. The van der Waals surface area contributed by atoms with Gasteiger partial charge in [0, 0.05) is 52.2 Å². The summed E-state index contributed by atoms with van der Waals surface area (Å²) in [7, 11) is 1.90. The lowest BCUT2D eigenvalue weighted by atomic mass is 9.65. The molecule has 2 heterocycles. The van der Waals surface area contributed by atoms with Crippen LogP contribution in [0.25, 0.3) is 0 Å². The van der Waals surface area contributed by atoms with Crippen molar-refractivity contribution < 1.29 is 0 Å². The number of rotatable bonds is 4. The summed E-state index contributed by atoms with van der Waals surface area (Å²) >= 11 is 0. The highest BCUT2D eigenvalue weighted by atomic mass is 15.4. The molecule has 2 aliphatic carbocycles. The molecular formula is C18H28N6. The van der Waals surface area contributed by atoms with Gasteiger partial charge in [-0.3, -0.25) is 4.99 Å². The smallest absolute Gasteiger partial charge is 0.225 e. The Morgan fingerprint density at radius 2 is 1.92 bits per heavy atom. The van der Waals surface area contributed by atoms with Gasteiger partial charge in [0.15, 0.2) is 5.96 Å². The number of aromatic nitrogens is 2. The van der Waals surface area contributed by atoms with Crippen molar-refractivity contribution in [3.63, 3.8) is 0 Å². The van der Waals surface area contributed by atoms with Gasteiger partial charge in [-0.1, -0.05) is 6.42 Å². The molecule has 0 radical (unpaired) electrons. The molecule has 3 fully saturated rings. The van der Waals surface area contributed by atoms with E-state index in [0.717, 1.165) is 50.5 Å². The second-order valence-corrected chi connectivity index (χ2v) is 7.41. The number of nitrogens with zero attached hydrogens (tertiary/aromatic N) is 5. The van der Waals surface area contributed by atoms with Crippen molar-refractivity contribution in [2.24, 2.45) is 16.3 Å². The van der Waals surface area contributed by atoms with Crippen LogP contribution in [-0.4, -0.2) is 60.6 Å². The average molecular weight is 328 g/mol. The molecule has 24 heavy (non-hydrogen) atoms. The molecule has 0 bridgehead atoms. The van der Waals surface area contributed by atoms with Crippen molar-refractivity contribution in [1.82, 2.24) is 20.2 Å². The van der Waals surface area contributed by atoms with Crippen LogP contribution in [0.5, 0.6) is 0 Å². The van der Waals surface area contributed by atoms with Crippen LogP contribution in [0, 0.1) is 11.3 Å². The summed E-state index contributed by atoms with van der Waals surface area (Å²) in [4.78, 5) is 17.9. The van der Waals surface area contributed by atoms with Crippen LogP contribution in [-0.2, 0) is 0 Å². The molecule has 1 aliphatic heterocycles. The molecule has 6 nitrogen and oxygen atoms in total. The molecule has 0 unspecified atom stereocenters. The minimum atomic E-state index is 0.579. The van der Waals surface area contributed by atoms with Gasteiger partial charge < -0.3 is 15.1 Å². The minimum absolute atomic E-state index is 0.579. The van der Waals surface area contributed by atoms with Crippen molar-refractivity contribution in [3.05, 3.63) is 18.5 Å². The van der Waals surface area contributed by atoms with E-state index >= 15 is 0 Å². The van der Waals surface area contributed by atoms with E-state index in [-0.39, 0.29) is 0 Å². The minimum Gasteiger partial charge on any atom is -0.356 e. The lowest BCUT2D eigenvalue weighted by molar-refractivity contribution is 0.104. The summed E-state index contributed by atoms with van der Waals surface area (Å²) in [5.41, 5.74) is 0.579. The molecule has 2 saturated carbocycles. The molecule has 0 atom stereocenters. The Morgan fingerprint density at radius 3 is 2.46 bits per heavy atom. The molecule has 0 amide bonds. The molecule has 1 aromatic heterocycles. The topological polar surface area (TPSA) is 56.7 Å². The Morgan fingerprint density at radius 1 is 1.21 bits per heavy atom. The van der Waals surface area contributed by atoms with E-state index in [2.05, 4.69) is 30.1 Å². The Labute approximate surface area is 144 Å². The zero-order chi connectivity index (χ0) is 16.4. The first-order valence-corrected chi connectivity index (χ1v) is 9.28. The zero-order valence-electron chi connectivity index (χ0n) is 14.6. The van der Waals surface area contributed by atoms with Crippen molar-refractivity contribution in [2.45, 2.75) is 32.1 Å². The van der Waals surface area contributed by atoms with Gasteiger partial charge in [-0.25, -0.2) is 9.97 Å². The predicted octanol–water partition coefficient (Wildman–Crippen LogP) is 1.75. The van der Waals surface area contributed by atoms with Gasteiger partial charge >= 0.3 is 0 Å². The third-order valence-electron chi connectivity index (χ3n) is 6.02. The monoisotopic (exact) mass is 328 g/mol. The van der Waals surface area contributed by atoms with Crippen LogP contribution in [0.2, 0.25) is 0 Å². The van der Waals surface area contributed by atoms with Gasteiger partial charge in [-0.15, -0.1) is 0 Å². The van der Waals surface area contributed by atoms with Crippen LogP contribution < -0.4 is 10.2 Å².